The summed E-state index contributed by atoms with van der Waals surface area (Å²) in [6, 6.07) is 7.76. The molecule has 0 heterocycles. The molecule has 0 bridgehead atoms. The number of amides is 1. The van der Waals surface area contributed by atoms with Crippen molar-refractivity contribution in [3.63, 3.8) is 0 Å². The largest absolute Gasteiger partial charge is 0.497 e. The van der Waals surface area contributed by atoms with E-state index in [-0.39, 0.29) is 11.9 Å². The average Bonchev–Trinajstić information content (AvgIpc) is 2.28. The Bertz CT molecular complexity index is 380. The van der Waals surface area contributed by atoms with Crippen molar-refractivity contribution in [1.29, 1.82) is 0 Å². The lowest BCUT2D eigenvalue weighted by molar-refractivity contribution is -0.126. The van der Waals surface area contributed by atoms with Crippen molar-refractivity contribution in [1.82, 2.24) is 5.32 Å². The van der Waals surface area contributed by atoms with Gasteiger partial charge in [-0.05, 0) is 45.4 Å². The Kier molecular flexibility index (Phi) is 4.16. The van der Waals surface area contributed by atoms with Crippen molar-refractivity contribution in [2.24, 2.45) is 0 Å². The molecule has 0 fully saturated rings. The minimum atomic E-state index is -0.531. The van der Waals surface area contributed by atoms with Gasteiger partial charge >= 0.3 is 0 Å². The molecule has 0 aliphatic carbocycles. The maximum Gasteiger partial charge on any atom is 0.230 e. The van der Waals surface area contributed by atoms with E-state index in [2.05, 4.69) is 5.32 Å². The summed E-state index contributed by atoms with van der Waals surface area (Å²) >= 11 is 0. The van der Waals surface area contributed by atoms with E-state index in [0.717, 1.165) is 11.3 Å². The van der Waals surface area contributed by atoms with E-state index >= 15 is 0 Å². The van der Waals surface area contributed by atoms with Crippen molar-refractivity contribution in [2.75, 3.05) is 7.11 Å². The lowest BCUT2D eigenvalue weighted by Crippen LogP contribution is -2.43. The first-order valence-electron chi connectivity index (χ1n) is 5.83. The lowest BCUT2D eigenvalue weighted by Gasteiger charge is -2.25. The Morgan fingerprint density at radius 3 is 2.18 bits per heavy atom. The van der Waals surface area contributed by atoms with Crippen LogP contribution >= 0.6 is 0 Å². The SMILES string of the molecule is COc1ccc(C(C)(C)C(=O)NC(C)C)cc1. The van der Waals surface area contributed by atoms with Gasteiger partial charge in [0.25, 0.3) is 0 Å². The van der Waals surface area contributed by atoms with E-state index in [0.29, 0.717) is 0 Å². The molecule has 17 heavy (non-hydrogen) atoms. The minimum Gasteiger partial charge on any atom is -0.497 e. The molecular formula is C14H21NO2. The number of methoxy groups -OCH3 is 1. The minimum absolute atomic E-state index is 0.0395. The molecule has 94 valence electrons. The fraction of sp³-hybridized carbons (Fsp3) is 0.500. The highest BCUT2D eigenvalue weighted by Gasteiger charge is 2.29. The van der Waals surface area contributed by atoms with Crippen LogP contribution in [0.2, 0.25) is 0 Å². The standard InChI is InChI=1S/C14H21NO2/c1-10(2)15-13(16)14(3,4)11-6-8-12(17-5)9-7-11/h6-10H,1-5H3,(H,15,16). The van der Waals surface area contributed by atoms with Gasteiger partial charge in [-0.15, -0.1) is 0 Å². The molecule has 1 amide bonds. The van der Waals surface area contributed by atoms with Crippen LogP contribution in [0.15, 0.2) is 24.3 Å². The molecule has 0 atom stereocenters. The Labute approximate surface area is 103 Å². The van der Waals surface area contributed by atoms with Gasteiger partial charge in [0.05, 0.1) is 12.5 Å². The predicted octanol–water partition coefficient (Wildman–Crippen LogP) is 2.50. The summed E-state index contributed by atoms with van der Waals surface area (Å²) in [5.74, 6) is 0.839. The summed E-state index contributed by atoms with van der Waals surface area (Å²) in [6.45, 7) is 7.77. The van der Waals surface area contributed by atoms with Gasteiger partial charge in [0.2, 0.25) is 5.91 Å². The van der Waals surface area contributed by atoms with Crippen LogP contribution < -0.4 is 10.1 Å². The zero-order chi connectivity index (χ0) is 13.1. The molecular weight excluding hydrogens is 214 g/mol. The number of benzene rings is 1. The van der Waals surface area contributed by atoms with Gasteiger partial charge in [0.1, 0.15) is 5.75 Å². The second-order valence-electron chi connectivity index (χ2n) is 4.98. The molecule has 1 N–H and O–H groups in total. The molecule has 0 spiro atoms. The Hall–Kier alpha value is -1.51. The quantitative estimate of drug-likeness (QED) is 0.870. The van der Waals surface area contributed by atoms with Crippen LogP contribution in [0, 0.1) is 0 Å². The first-order chi connectivity index (χ1) is 7.87. The third kappa shape index (κ3) is 3.22. The second kappa shape index (κ2) is 5.21. The van der Waals surface area contributed by atoms with Gasteiger partial charge in [-0.2, -0.15) is 0 Å². The van der Waals surface area contributed by atoms with Crippen LogP contribution in [0.1, 0.15) is 33.3 Å². The number of carbonyl (C=O) groups excluding carboxylic acids is 1. The Balaban J connectivity index is 2.91. The zero-order valence-electron chi connectivity index (χ0n) is 11.2. The van der Waals surface area contributed by atoms with Crippen LogP contribution in [-0.2, 0) is 10.2 Å². The van der Waals surface area contributed by atoms with Crippen molar-refractivity contribution >= 4 is 5.91 Å². The molecule has 0 saturated carbocycles. The van der Waals surface area contributed by atoms with Crippen LogP contribution in [0.25, 0.3) is 0 Å². The van der Waals surface area contributed by atoms with Crippen molar-refractivity contribution in [3.8, 4) is 5.75 Å². The highest BCUT2D eigenvalue weighted by atomic mass is 16.5. The second-order valence-corrected chi connectivity index (χ2v) is 4.98. The highest BCUT2D eigenvalue weighted by Crippen LogP contribution is 2.25. The van der Waals surface area contributed by atoms with Gasteiger partial charge in [-0.3, -0.25) is 4.79 Å². The molecule has 3 nitrogen and oxygen atoms in total. The van der Waals surface area contributed by atoms with Crippen molar-refractivity contribution in [2.45, 2.75) is 39.2 Å². The lowest BCUT2D eigenvalue weighted by atomic mass is 9.83. The number of hydrogen-bond acceptors (Lipinski definition) is 2. The maximum atomic E-state index is 12.1. The first-order valence-corrected chi connectivity index (χ1v) is 5.83. The van der Waals surface area contributed by atoms with E-state index in [9.17, 15) is 4.79 Å². The third-order valence-electron chi connectivity index (χ3n) is 2.80. The van der Waals surface area contributed by atoms with Crippen LogP contribution in [0.4, 0.5) is 0 Å². The maximum absolute atomic E-state index is 12.1. The molecule has 0 aliphatic rings. The van der Waals surface area contributed by atoms with Crippen molar-refractivity contribution in [3.05, 3.63) is 29.8 Å². The molecule has 1 aromatic rings. The average molecular weight is 235 g/mol. The summed E-state index contributed by atoms with van der Waals surface area (Å²) in [5.41, 5.74) is 0.452. The summed E-state index contributed by atoms with van der Waals surface area (Å²) in [5, 5.41) is 2.94. The monoisotopic (exact) mass is 235 g/mol. The number of rotatable bonds is 4. The van der Waals surface area contributed by atoms with Gasteiger partial charge in [0.15, 0.2) is 0 Å². The molecule has 0 saturated heterocycles. The number of carbonyl (C=O) groups is 1. The fourth-order valence-electron chi connectivity index (χ4n) is 1.58. The zero-order valence-corrected chi connectivity index (χ0v) is 11.2. The topological polar surface area (TPSA) is 38.3 Å². The molecule has 1 aromatic carbocycles. The highest BCUT2D eigenvalue weighted by molar-refractivity contribution is 5.87. The van der Waals surface area contributed by atoms with E-state index < -0.39 is 5.41 Å². The summed E-state index contributed by atoms with van der Waals surface area (Å²) in [4.78, 5) is 12.1. The van der Waals surface area contributed by atoms with E-state index in [1.165, 1.54) is 0 Å². The summed E-state index contributed by atoms with van der Waals surface area (Å²) in [6.07, 6.45) is 0. The predicted molar refractivity (Wildman–Crippen MR) is 69.3 cm³/mol. The van der Waals surface area contributed by atoms with Gasteiger partial charge in [-0.1, -0.05) is 12.1 Å². The molecule has 0 unspecified atom stereocenters. The number of hydrogen-bond donors (Lipinski definition) is 1. The van der Waals surface area contributed by atoms with Crippen LogP contribution in [0.3, 0.4) is 0 Å². The van der Waals surface area contributed by atoms with E-state index in [1.54, 1.807) is 7.11 Å². The van der Waals surface area contributed by atoms with E-state index in [4.69, 9.17) is 4.74 Å². The normalized spacial score (nSPS) is 11.4. The number of nitrogens with one attached hydrogen (secondary N) is 1. The third-order valence-corrected chi connectivity index (χ3v) is 2.80. The summed E-state index contributed by atoms with van der Waals surface area (Å²) in [7, 11) is 1.63. The molecule has 0 radical (unpaired) electrons. The van der Waals surface area contributed by atoms with Gasteiger partial charge in [-0.25, -0.2) is 0 Å². The fourth-order valence-corrected chi connectivity index (χ4v) is 1.58. The summed E-state index contributed by atoms with van der Waals surface area (Å²) < 4.78 is 5.11. The molecule has 3 heteroatoms. The molecule has 1 rings (SSSR count). The smallest absolute Gasteiger partial charge is 0.230 e. The van der Waals surface area contributed by atoms with Gasteiger partial charge < -0.3 is 10.1 Å². The molecule has 0 aliphatic heterocycles. The number of ether oxygens (including phenoxy) is 1. The van der Waals surface area contributed by atoms with Crippen LogP contribution in [-0.4, -0.2) is 19.1 Å². The Morgan fingerprint density at radius 2 is 1.76 bits per heavy atom. The first kappa shape index (κ1) is 13.6. The Morgan fingerprint density at radius 1 is 1.24 bits per heavy atom. The van der Waals surface area contributed by atoms with Gasteiger partial charge in [0, 0.05) is 6.04 Å². The molecule has 0 aromatic heterocycles. The van der Waals surface area contributed by atoms with Crippen LogP contribution in [0.5, 0.6) is 5.75 Å². The van der Waals surface area contributed by atoms with E-state index in [1.807, 2.05) is 52.0 Å². The van der Waals surface area contributed by atoms with Crippen molar-refractivity contribution < 1.29 is 9.53 Å².